The molecule has 6 N–H and O–H groups in total. The van der Waals surface area contributed by atoms with Crippen molar-refractivity contribution in [3.8, 4) is 0 Å². The highest BCUT2D eigenvalue weighted by molar-refractivity contribution is 7.47. The van der Waals surface area contributed by atoms with Gasteiger partial charge in [0.2, 0.25) is 0 Å². The number of hydrogen-bond donors (Lipinski definition) is 6. The van der Waals surface area contributed by atoms with Gasteiger partial charge in [0, 0.05) is 19.3 Å². The van der Waals surface area contributed by atoms with Gasteiger partial charge in [-0.15, -0.1) is 0 Å². The van der Waals surface area contributed by atoms with Crippen LogP contribution in [0.2, 0.25) is 0 Å². The van der Waals surface area contributed by atoms with Crippen molar-refractivity contribution < 1.29 is 67.9 Å². The fraction of sp³-hybridized carbons (Fsp3) is 0.766. The van der Waals surface area contributed by atoms with Crippen LogP contribution in [0.25, 0.3) is 0 Å². The lowest BCUT2D eigenvalue weighted by Gasteiger charge is -2.41. The quantitative estimate of drug-likeness (QED) is 0.00855. The maximum atomic E-state index is 12.8. The van der Waals surface area contributed by atoms with Gasteiger partial charge >= 0.3 is 19.8 Å². The minimum Gasteiger partial charge on any atom is -0.462 e. The first-order chi connectivity index (χ1) is 29.8. The van der Waals surface area contributed by atoms with E-state index in [9.17, 15) is 49.4 Å². The van der Waals surface area contributed by atoms with E-state index in [0.29, 0.717) is 25.7 Å². The lowest BCUT2D eigenvalue weighted by molar-refractivity contribution is -0.220. The normalized spacial score (nSPS) is 22.2. The Bertz CT molecular complexity index is 1330. The monoisotopic (exact) mass is 901 g/mol. The summed E-state index contributed by atoms with van der Waals surface area (Å²) >= 11 is 0. The topological polar surface area (TPSA) is 227 Å². The van der Waals surface area contributed by atoms with E-state index in [1.165, 1.54) is 32.1 Å². The van der Waals surface area contributed by atoms with Gasteiger partial charge in [0.05, 0.1) is 6.61 Å². The van der Waals surface area contributed by atoms with Gasteiger partial charge in [-0.2, -0.15) is 0 Å². The number of phosphoric acid groups is 1. The molecule has 0 heterocycles. The zero-order chi connectivity index (χ0) is 45.9. The summed E-state index contributed by atoms with van der Waals surface area (Å²) in [7, 11) is -5.15. The van der Waals surface area contributed by atoms with E-state index in [-0.39, 0.29) is 18.6 Å². The average molecular weight is 901 g/mol. The number of aliphatic hydroxyl groups is 5. The highest BCUT2D eigenvalue weighted by atomic mass is 31.2. The molecule has 8 atom stereocenters. The second-order valence-corrected chi connectivity index (χ2v) is 17.7. The average Bonchev–Trinajstić information content (AvgIpc) is 3.25. The van der Waals surface area contributed by atoms with Gasteiger partial charge in [0.25, 0.3) is 0 Å². The van der Waals surface area contributed by atoms with Crippen LogP contribution in [-0.4, -0.2) is 104 Å². The van der Waals surface area contributed by atoms with E-state index in [1.54, 1.807) is 12.2 Å². The molecule has 14 nitrogen and oxygen atoms in total. The second kappa shape index (κ2) is 36.8. The molecule has 0 amide bonds. The summed E-state index contributed by atoms with van der Waals surface area (Å²) in [4.78, 5) is 47.8. The van der Waals surface area contributed by atoms with Crippen molar-refractivity contribution in [1.82, 2.24) is 0 Å². The number of carbonyl (C=O) groups is 3. The molecule has 62 heavy (non-hydrogen) atoms. The number of ether oxygens (including phenoxy) is 2. The molecular weight excluding hydrogens is 819 g/mol. The van der Waals surface area contributed by atoms with E-state index in [0.717, 1.165) is 89.9 Å². The summed E-state index contributed by atoms with van der Waals surface area (Å²) in [6.45, 7) is 3.11. The lowest BCUT2D eigenvalue weighted by atomic mass is 9.85. The van der Waals surface area contributed by atoms with Gasteiger partial charge in [0.15, 0.2) is 11.9 Å². The number of unbranched alkanes of at least 4 members (excludes halogenated alkanes) is 17. The molecule has 0 aromatic rings. The van der Waals surface area contributed by atoms with Crippen molar-refractivity contribution in [2.45, 2.75) is 217 Å². The maximum Gasteiger partial charge on any atom is 0.472 e. The van der Waals surface area contributed by atoms with Crippen LogP contribution in [0.3, 0.4) is 0 Å². The molecule has 0 aromatic carbocycles. The van der Waals surface area contributed by atoms with E-state index in [4.69, 9.17) is 18.5 Å². The second-order valence-electron chi connectivity index (χ2n) is 16.3. The van der Waals surface area contributed by atoms with Crippen molar-refractivity contribution in [2.75, 3.05) is 13.2 Å². The number of carbonyl (C=O) groups excluding carboxylic acids is 3. The van der Waals surface area contributed by atoms with Gasteiger partial charge in [0.1, 0.15) is 43.2 Å². The minimum absolute atomic E-state index is 0.0100. The zero-order valence-corrected chi connectivity index (χ0v) is 38.5. The summed E-state index contributed by atoms with van der Waals surface area (Å²) in [6.07, 6.45) is 25.5. The number of ketones is 1. The summed E-state index contributed by atoms with van der Waals surface area (Å²) in [5.74, 6) is -1.14. The Morgan fingerprint density at radius 2 is 1.02 bits per heavy atom. The predicted molar refractivity (Wildman–Crippen MR) is 240 cm³/mol. The number of phosphoric ester groups is 1. The van der Waals surface area contributed by atoms with Crippen molar-refractivity contribution in [3.63, 3.8) is 0 Å². The van der Waals surface area contributed by atoms with Gasteiger partial charge in [-0.25, -0.2) is 4.57 Å². The Labute approximate surface area is 371 Å². The molecule has 1 fully saturated rings. The number of hydrogen-bond acceptors (Lipinski definition) is 13. The molecule has 1 aliphatic rings. The molecule has 3 unspecified atom stereocenters. The summed E-state index contributed by atoms with van der Waals surface area (Å²) in [6, 6.07) is 0. The third-order valence-corrected chi connectivity index (χ3v) is 11.6. The van der Waals surface area contributed by atoms with Crippen LogP contribution in [0, 0.1) is 0 Å². The largest absolute Gasteiger partial charge is 0.472 e. The van der Waals surface area contributed by atoms with Gasteiger partial charge in [-0.3, -0.25) is 23.4 Å². The van der Waals surface area contributed by atoms with Crippen LogP contribution in [0.5, 0.6) is 0 Å². The number of allylic oxidation sites excluding steroid dienone is 8. The number of esters is 2. The Kier molecular flexibility index (Phi) is 34.1. The van der Waals surface area contributed by atoms with Crippen molar-refractivity contribution in [2.24, 2.45) is 0 Å². The van der Waals surface area contributed by atoms with E-state index in [1.807, 2.05) is 6.08 Å². The number of aliphatic hydroxyl groups excluding tert-OH is 5. The molecule has 15 heteroatoms. The molecule has 1 saturated carbocycles. The van der Waals surface area contributed by atoms with E-state index < -0.39 is 75.7 Å². The van der Waals surface area contributed by atoms with Crippen LogP contribution in [-0.2, 0) is 37.5 Å². The Morgan fingerprint density at radius 1 is 0.548 bits per heavy atom. The smallest absolute Gasteiger partial charge is 0.462 e. The maximum absolute atomic E-state index is 12.8. The standard InChI is InChI=1S/C47H81O14P/c1-3-5-7-9-11-12-13-14-15-16-17-18-19-20-22-26-30-34-40(49)58-36-39(37-59-62(56,57)61-47-45(54)43(52)42(51)44(53)46(47)55)60-41(50)35-31-27-23-25-29-33-38(48)32-28-24-21-10-8-6-4-2/h11-12,14-15,21,24,28,32,39,42-47,51-55H,3-10,13,16-20,22-23,25-27,29-31,33-37H2,1-2H3,(H,56,57)/b12-11-,15-14-,24-21-,32-28+/t39-,42?,43-,44+,45-,46-,47?/m1/s1. The Balaban J connectivity index is 2.50. The number of rotatable bonds is 38. The lowest BCUT2D eigenvalue weighted by Crippen LogP contribution is -2.64. The van der Waals surface area contributed by atoms with E-state index >= 15 is 0 Å². The van der Waals surface area contributed by atoms with Crippen LogP contribution in [0.1, 0.15) is 174 Å². The molecule has 1 rings (SSSR count). The fourth-order valence-electron chi connectivity index (χ4n) is 6.77. The molecule has 0 bridgehead atoms. The van der Waals surface area contributed by atoms with Gasteiger partial charge < -0.3 is 39.9 Å². The Hall–Kier alpha value is -2.52. The SMILES string of the molecule is CCCCC/C=C\C=C\C(=O)CCCCCCCC(=O)O[C@H](COC(=O)CCCCCCCCC/C=C\C/C=C\CCCCC)COP(=O)(O)OC1[C@H](O)[C@H](O)C(O)[C@H](O)[C@H]1O. The third kappa shape index (κ3) is 29.0. The Morgan fingerprint density at radius 3 is 1.58 bits per heavy atom. The molecule has 358 valence electrons. The van der Waals surface area contributed by atoms with Crippen LogP contribution < -0.4 is 0 Å². The summed E-state index contributed by atoms with van der Waals surface area (Å²) < 4.78 is 33.4. The van der Waals surface area contributed by atoms with Crippen LogP contribution >= 0.6 is 7.82 Å². The van der Waals surface area contributed by atoms with Crippen molar-refractivity contribution >= 4 is 25.5 Å². The third-order valence-electron chi connectivity index (χ3n) is 10.6. The molecule has 0 radical (unpaired) electrons. The molecular formula is C47H81O14P. The molecule has 0 aromatic heterocycles. The van der Waals surface area contributed by atoms with Crippen LogP contribution in [0.4, 0.5) is 0 Å². The highest BCUT2D eigenvalue weighted by Gasteiger charge is 2.51. The first-order valence-corrected chi connectivity index (χ1v) is 24.9. The molecule has 1 aliphatic carbocycles. The minimum atomic E-state index is -5.15. The fourth-order valence-corrected chi connectivity index (χ4v) is 7.74. The zero-order valence-electron chi connectivity index (χ0n) is 37.6. The first kappa shape index (κ1) is 57.5. The van der Waals surface area contributed by atoms with Crippen LogP contribution in [0.15, 0.2) is 48.6 Å². The van der Waals surface area contributed by atoms with Gasteiger partial charge in [-0.1, -0.05) is 133 Å². The van der Waals surface area contributed by atoms with E-state index in [2.05, 4.69) is 44.2 Å². The molecule has 0 saturated heterocycles. The van der Waals surface area contributed by atoms with Crippen molar-refractivity contribution in [3.05, 3.63) is 48.6 Å². The molecule has 0 spiro atoms. The van der Waals surface area contributed by atoms with Crippen molar-refractivity contribution in [1.29, 1.82) is 0 Å². The predicted octanol–water partition coefficient (Wildman–Crippen LogP) is 8.35. The first-order valence-electron chi connectivity index (χ1n) is 23.4. The highest BCUT2D eigenvalue weighted by Crippen LogP contribution is 2.47. The van der Waals surface area contributed by atoms with Gasteiger partial charge in [-0.05, 0) is 70.3 Å². The molecule has 0 aliphatic heterocycles. The summed E-state index contributed by atoms with van der Waals surface area (Å²) in [5, 5.41) is 50.1. The summed E-state index contributed by atoms with van der Waals surface area (Å²) in [5.41, 5.74) is 0.